The number of halogens is 1. The number of hydrogen-bond acceptors (Lipinski definition) is 2. The topological polar surface area (TPSA) is 20.3 Å². The van der Waals surface area contributed by atoms with Crippen molar-refractivity contribution in [3.8, 4) is 0 Å². The maximum atomic E-state index is 11.3. The van der Waals surface area contributed by atoms with E-state index in [4.69, 9.17) is 0 Å². The number of hydrogen-bond donors (Lipinski definition) is 0. The van der Waals surface area contributed by atoms with Gasteiger partial charge >= 0.3 is 0 Å². The van der Waals surface area contributed by atoms with Gasteiger partial charge in [0.1, 0.15) is 5.78 Å². The van der Waals surface area contributed by atoms with E-state index in [0.717, 1.165) is 17.6 Å². The summed E-state index contributed by atoms with van der Waals surface area (Å²) in [4.78, 5) is 13.7. The van der Waals surface area contributed by atoms with Gasteiger partial charge in [0.25, 0.3) is 0 Å². The zero-order chi connectivity index (χ0) is 11.5. The molecule has 3 heteroatoms. The van der Waals surface area contributed by atoms with Crippen LogP contribution < -0.4 is 0 Å². The first kappa shape index (κ1) is 11.8. The molecule has 0 aliphatic carbocycles. The molecule has 2 rings (SSSR count). The number of benzene rings is 1. The van der Waals surface area contributed by atoms with Gasteiger partial charge in [-0.25, -0.2) is 0 Å². The third-order valence-electron chi connectivity index (χ3n) is 3.10. The molecule has 1 aromatic carbocycles. The highest BCUT2D eigenvalue weighted by atomic mass is 79.9. The monoisotopic (exact) mass is 281 g/mol. The van der Waals surface area contributed by atoms with Crippen LogP contribution in [-0.2, 0) is 11.3 Å². The highest BCUT2D eigenvalue weighted by Gasteiger charge is 2.23. The van der Waals surface area contributed by atoms with E-state index in [1.807, 2.05) is 6.07 Å². The maximum Gasteiger partial charge on any atom is 0.135 e. The molecule has 0 N–H and O–H groups in total. The second-order valence-corrected chi connectivity index (χ2v) is 5.36. The number of nitrogens with zero attached hydrogens (tertiary/aromatic N) is 1. The molecule has 1 aliphatic rings. The fourth-order valence-corrected chi connectivity index (χ4v) is 2.60. The molecular formula is C13H16BrNO. The Labute approximate surface area is 105 Å². The predicted octanol–water partition coefficient (Wildman–Crippen LogP) is 3.00. The van der Waals surface area contributed by atoms with Crippen LogP contribution in [-0.4, -0.2) is 23.3 Å². The first-order valence-corrected chi connectivity index (χ1v) is 6.44. The maximum absolute atomic E-state index is 11.3. The largest absolute Gasteiger partial charge is 0.300 e. The Morgan fingerprint density at radius 2 is 2.31 bits per heavy atom. The molecule has 0 amide bonds. The van der Waals surface area contributed by atoms with Crippen molar-refractivity contribution in [2.24, 2.45) is 0 Å². The Morgan fingerprint density at radius 1 is 1.50 bits per heavy atom. The molecule has 1 atom stereocenters. The smallest absolute Gasteiger partial charge is 0.135 e. The van der Waals surface area contributed by atoms with Crippen molar-refractivity contribution in [3.05, 3.63) is 34.3 Å². The predicted molar refractivity (Wildman–Crippen MR) is 68.3 cm³/mol. The molecular weight excluding hydrogens is 266 g/mol. The van der Waals surface area contributed by atoms with Crippen molar-refractivity contribution in [2.75, 3.05) is 6.54 Å². The van der Waals surface area contributed by atoms with Crippen molar-refractivity contribution < 1.29 is 4.79 Å². The summed E-state index contributed by atoms with van der Waals surface area (Å²) in [6.07, 6.45) is 1.41. The highest BCUT2D eigenvalue weighted by molar-refractivity contribution is 9.10. The molecule has 1 aromatic rings. The van der Waals surface area contributed by atoms with Crippen LogP contribution >= 0.6 is 15.9 Å². The minimum absolute atomic E-state index is 0.375. The van der Waals surface area contributed by atoms with Crippen LogP contribution in [0.1, 0.15) is 25.3 Å². The van der Waals surface area contributed by atoms with E-state index >= 15 is 0 Å². The van der Waals surface area contributed by atoms with Gasteiger partial charge in [0.05, 0.1) is 0 Å². The zero-order valence-corrected chi connectivity index (χ0v) is 11.0. The first-order chi connectivity index (χ1) is 7.65. The number of rotatable bonds is 2. The van der Waals surface area contributed by atoms with E-state index in [-0.39, 0.29) is 0 Å². The van der Waals surface area contributed by atoms with Crippen LogP contribution in [0.5, 0.6) is 0 Å². The molecule has 0 bridgehead atoms. The molecule has 0 spiro atoms. The third kappa shape index (κ3) is 2.92. The Hall–Kier alpha value is -0.670. The van der Waals surface area contributed by atoms with Gasteiger partial charge in [0.15, 0.2) is 0 Å². The fourth-order valence-electron chi connectivity index (χ4n) is 2.15. The molecule has 0 aromatic heterocycles. The van der Waals surface area contributed by atoms with Gasteiger partial charge in [0.2, 0.25) is 0 Å². The molecule has 16 heavy (non-hydrogen) atoms. The lowest BCUT2D eigenvalue weighted by Gasteiger charge is -2.32. The summed E-state index contributed by atoms with van der Waals surface area (Å²) in [5, 5.41) is 0. The van der Waals surface area contributed by atoms with Gasteiger partial charge in [-0.2, -0.15) is 0 Å². The summed E-state index contributed by atoms with van der Waals surface area (Å²) in [7, 11) is 0. The number of ketones is 1. The van der Waals surface area contributed by atoms with Gasteiger partial charge in [-0.3, -0.25) is 9.69 Å². The van der Waals surface area contributed by atoms with Crippen molar-refractivity contribution in [2.45, 2.75) is 32.4 Å². The van der Waals surface area contributed by atoms with Crippen LogP contribution in [0.3, 0.4) is 0 Å². The van der Waals surface area contributed by atoms with Crippen LogP contribution in [0.4, 0.5) is 0 Å². The molecule has 0 radical (unpaired) electrons. The van der Waals surface area contributed by atoms with Gasteiger partial charge in [-0.05, 0) is 24.6 Å². The second kappa shape index (κ2) is 5.11. The summed E-state index contributed by atoms with van der Waals surface area (Å²) < 4.78 is 1.12. The molecule has 0 saturated carbocycles. The molecule has 86 valence electrons. The Bertz CT molecular complexity index is 391. The van der Waals surface area contributed by atoms with Gasteiger partial charge in [0, 0.05) is 36.4 Å². The van der Waals surface area contributed by atoms with Gasteiger partial charge < -0.3 is 0 Å². The van der Waals surface area contributed by atoms with Crippen molar-refractivity contribution in [3.63, 3.8) is 0 Å². The van der Waals surface area contributed by atoms with E-state index < -0.39 is 0 Å². The molecule has 1 fully saturated rings. The lowest BCUT2D eigenvalue weighted by molar-refractivity contribution is -0.123. The second-order valence-electron chi connectivity index (χ2n) is 4.44. The minimum Gasteiger partial charge on any atom is -0.300 e. The van der Waals surface area contributed by atoms with E-state index in [0.29, 0.717) is 24.7 Å². The summed E-state index contributed by atoms with van der Waals surface area (Å²) in [6, 6.07) is 8.74. The summed E-state index contributed by atoms with van der Waals surface area (Å²) in [5.74, 6) is 0.401. The first-order valence-electron chi connectivity index (χ1n) is 5.65. The summed E-state index contributed by atoms with van der Waals surface area (Å²) in [6.45, 7) is 3.97. The Kier molecular flexibility index (Phi) is 3.77. The van der Waals surface area contributed by atoms with Crippen molar-refractivity contribution >= 4 is 21.7 Å². The summed E-state index contributed by atoms with van der Waals surface area (Å²) in [5.41, 5.74) is 1.30. The number of carbonyl (C=O) groups is 1. The quantitative estimate of drug-likeness (QED) is 0.831. The SMILES string of the molecule is CC1CC(=O)CCN1Cc1cccc(Br)c1. The number of likely N-dealkylation sites (tertiary alicyclic amines) is 1. The zero-order valence-electron chi connectivity index (χ0n) is 9.45. The molecule has 2 nitrogen and oxygen atoms in total. The van der Waals surface area contributed by atoms with Crippen molar-refractivity contribution in [1.82, 2.24) is 4.90 Å². The normalized spacial score (nSPS) is 22.4. The lowest BCUT2D eigenvalue weighted by Crippen LogP contribution is -2.40. The van der Waals surface area contributed by atoms with E-state index in [1.54, 1.807) is 0 Å². The van der Waals surface area contributed by atoms with Crippen LogP contribution in [0.25, 0.3) is 0 Å². The number of carbonyl (C=O) groups excluding carboxylic acids is 1. The number of Topliss-reactive ketones (excluding diaryl/α,β-unsaturated/α-hetero) is 1. The van der Waals surface area contributed by atoms with Crippen LogP contribution in [0, 0.1) is 0 Å². The van der Waals surface area contributed by atoms with E-state index in [1.165, 1.54) is 5.56 Å². The Morgan fingerprint density at radius 3 is 3.00 bits per heavy atom. The number of piperidine rings is 1. The van der Waals surface area contributed by atoms with Crippen LogP contribution in [0.2, 0.25) is 0 Å². The van der Waals surface area contributed by atoms with Crippen LogP contribution in [0.15, 0.2) is 28.7 Å². The highest BCUT2D eigenvalue weighted by Crippen LogP contribution is 2.19. The standard InChI is InChI=1S/C13H16BrNO/c1-10-7-13(16)5-6-15(10)9-11-3-2-4-12(14)8-11/h2-4,8,10H,5-7,9H2,1H3. The Balaban J connectivity index is 2.02. The minimum atomic E-state index is 0.375. The van der Waals surface area contributed by atoms with Gasteiger partial charge in [-0.1, -0.05) is 28.1 Å². The van der Waals surface area contributed by atoms with Crippen molar-refractivity contribution in [1.29, 1.82) is 0 Å². The average molecular weight is 282 g/mol. The third-order valence-corrected chi connectivity index (χ3v) is 3.59. The fraction of sp³-hybridized carbons (Fsp3) is 0.462. The molecule has 1 heterocycles. The molecule has 1 unspecified atom stereocenters. The molecule has 1 aliphatic heterocycles. The van der Waals surface area contributed by atoms with E-state index in [2.05, 4.69) is 46.0 Å². The summed E-state index contributed by atoms with van der Waals surface area (Å²) >= 11 is 3.48. The van der Waals surface area contributed by atoms with E-state index in [9.17, 15) is 4.79 Å². The lowest BCUT2D eigenvalue weighted by atomic mass is 10.0. The van der Waals surface area contributed by atoms with Gasteiger partial charge in [-0.15, -0.1) is 0 Å². The molecule has 1 saturated heterocycles. The average Bonchev–Trinajstić information content (AvgIpc) is 2.22.